The van der Waals surface area contributed by atoms with E-state index < -0.39 is 35.7 Å². The van der Waals surface area contributed by atoms with Crippen LogP contribution in [-0.2, 0) is 11.5 Å². The number of pyridine rings is 1. The molecule has 3 aromatic rings. The van der Waals surface area contributed by atoms with E-state index in [1.807, 2.05) is 0 Å². The van der Waals surface area contributed by atoms with Gasteiger partial charge in [-0.05, 0) is 57.4 Å². The van der Waals surface area contributed by atoms with Crippen LogP contribution in [-0.4, -0.2) is 31.4 Å². The van der Waals surface area contributed by atoms with Gasteiger partial charge >= 0.3 is 0 Å². The number of aliphatic hydroxyl groups is 2. The first kappa shape index (κ1) is 23.7. The molecule has 1 aromatic carbocycles. The summed E-state index contributed by atoms with van der Waals surface area (Å²) in [5, 5.41) is 22.9. The Kier molecular flexibility index (Phi) is 5.83. The number of aryl methyl sites for hydroxylation is 1. The summed E-state index contributed by atoms with van der Waals surface area (Å²) in [5.74, 6) is -3.92. The lowest BCUT2D eigenvalue weighted by Gasteiger charge is -2.47. The summed E-state index contributed by atoms with van der Waals surface area (Å²) < 4.78 is 44.6. The predicted octanol–water partition coefficient (Wildman–Crippen LogP) is 4.11. The summed E-state index contributed by atoms with van der Waals surface area (Å²) in [7, 11) is 0. The highest BCUT2D eigenvalue weighted by atomic mass is 19.3. The van der Waals surface area contributed by atoms with E-state index in [-0.39, 0.29) is 16.9 Å². The standard InChI is InChI=1S/C25H27F3N4O3/c1-14-29-19-11-20(34)32(24-8-5-15(6-9-24)7-10-24)12-17(19)22(30-14)31-23(35)16-3-2-4-18(21(16)26)25(27,28)13-33/h2-4,11-12,15,23,33,35H,5-10,13H2,1H3,(H,29,30,31)/t15?,23-,24?/m1/s1. The summed E-state index contributed by atoms with van der Waals surface area (Å²) in [4.78, 5) is 21.8. The van der Waals surface area contributed by atoms with E-state index in [4.69, 9.17) is 5.11 Å². The van der Waals surface area contributed by atoms with Crippen molar-refractivity contribution >= 4 is 16.7 Å². The number of alkyl halides is 2. The molecule has 35 heavy (non-hydrogen) atoms. The highest BCUT2D eigenvalue weighted by Crippen LogP contribution is 2.48. The molecule has 0 radical (unpaired) electrons. The van der Waals surface area contributed by atoms with Crippen LogP contribution in [0, 0.1) is 18.7 Å². The first-order valence-electron chi connectivity index (χ1n) is 11.8. The van der Waals surface area contributed by atoms with Crippen molar-refractivity contribution in [3.63, 3.8) is 0 Å². The number of aliphatic hydroxyl groups excluding tert-OH is 2. The van der Waals surface area contributed by atoms with Crippen molar-refractivity contribution in [2.75, 3.05) is 11.9 Å². The maximum atomic E-state index is 14.9. The molecular weight excluding hydrogens is 461 g/mol. The van der Waals surface area contributed by atoms with Gasteiger partial charge in [-0.15, -0.1) is 0 Å². The Balaban J connectivity index is 1.56. The SMILES string of the molecule is Cc1nc(N[C@H](O)c2cccc(C(F)(F)CO)c2F)c2cn(C34CCC(CC3)CC4)c(=O)cc2n1. The molecule has 10 heteroatoms. The molecule has 2 aromatic heterocycles. The Hall–Kier alpha value is -2.98. The highest BCUT2D eigenvalue weighted by molar-refractivity contribution is 5.88. The lowest BCUT2D eigenvalue weighted by molar-refractivity contribution is -0.0585. The number of aromatic nitrogens is 3. The molecule has 0 spiro atoms. The van der Waals surface area contributed by atoms with Crippen LogP contribution < -0.4 is 10.9 Å². The minimum absolute atomic E-state index is 0.160. The fourth-order valence-electron chi connectivity index (χ4n) is 5.62. The lowest BCUT2D eigenvalue weighted by atomic mass is 9.65. The van der Waals surface area contributed by atoms with Crippen molar-refractivity contribution in [3.8, 4) is 0 Å². The number of anilines is 1. The van der Waals surface area contributed by atoms with Gasteiger partial charge in [0.1, 0.15) is 24.1 Å². The Bertz CT molecular complexity index is 1320. The summed E-state index contributed by atoms with van der Waals surface area (Å²) in [5.41, 5.74) is -1.49. The van der Waals surface area contributed by atoms with Crippen LogP contribution in [0.3, 0.4) is 0 Å². The lowest BCUT2D eigenvalue weighted by Crippen LogP contribution is -2.47. The topological polar surface area (TPSA) is 100 Å². The largest absolute Gasteiger partial charge is 0.390 e. The Morgan fingerprint density at radius 2 is 1.91 bits per heavy atom. The number of hydrogen-bond donors (Lipinski definition) is 3. The van der Waals surface area contributed by atoms with E-state index >= 15 is 0 Å². The second-order valence-corrected chi connectivity index (χ2v) is 9.72. The van der Waals surface area contributed by atoms with E-state index in [1.54, 1.807) is 17.7 Å². The van der Waals surface area contributed by atoms with Crippen molar-refractivity contribution in [3.05, 3.63) is 63.6 Å². The van der Waals surface area contributed by atoms with E-state index in [1.165, 1.54) is 18.2 Å². The molecule has 3 saturated carbocycles. The average Bonchev–Trinajstić information content (AvgIpc) is 2.84. The Morgan fingerprint density at radius 1 is 1.23 bits per heavy atom. The zero-order valence-electron chi connectivity index (χ0n) is 19.3. The van der Waals surface area contributed by atoms with Crippen LogP contribution in [0.2, 0.25) is 0 Å². The van der Waals surface area contributed by atoms with E-state index in [0.717, 1.165) is 50.5 Å². The molecule has 7 nitrogen and oxygen atoms in total. The maximum absolute atomic E-state index is 14.9. The molecule has 2 heterocycles. The third kappa shape index (κ3) is 4.08. The summed E-state index contributed by atoms with van der Waals surface area (Å²) in [6.45, 7) is 0.0549. The molecule has 0 amide bonds. The van der Waals surface area contributed by atoms with Crippen molar-refractivity contribution in [1.29, 1.82) is 0 Å². The van der Waals surface area contributed by atoms with E-state index in [9.17, 15) is 23.1 Å². The minimum atomic E-state index is -3.80. The van der Waals surface area contributed by atoms with Gasteiger partial charge in [0.25, 0.3) is 11.5 Å². The monoisotopic (exact) mass is 488 g/mol. The number of hydrogen-bond acceptors (Lipinski definition) is 6. The minimum Gasteiger partial charge on any atom is -0.390 e. The van der Waals surface area contributed by atoms with Gasteiger partial charge in [-0.1, -0.05) is 12.1 Å². The van der Waals surface area contributed by atoms with Crippen LogP contribution in [0.5, 0.6) is 0 Å². The highest BCUT2D eigenvalue weighted by Gasteiger charge is 2.42. The van der Waals surface area contributed by atoms with Gasteiger partial charge in [0.15, 0.2) is 6.23 Å². The van der Waals surface area contributed by atoms with Gasteiger partial charge in [-0.25, -0.2) is 14.4 Å². The third-order valence-corrected chi connectivity index (χ3v) is 7.60. The molecule has 3 fully saturated rings. The number of nitrogens with one attached hydrogen (secondary N) is 1. The molecule has 0 aliphatic heterocycles. The maximum Gasteiger partial charge on any atom is 0.298 e. The van der Waals surface area contributed by atoms with E-state index in [2.05, 4.69) is 15.3 Å². The zero-order chi connectivity index (χ0) is 25.0. The van der Waals surface area contributed by atoms with E-state index in [0.29, 0.717) is 16.7 Å². The van der Waals surface area contributed by atoms with Crippen LogP contribution in [0.1, 0.15) is 61.7 Å². The van der Waals surface area contributed by atoms with Crippen molar-refractivity contribution in [1.82, 2.24) is 14.5 Å². The quantitative estimate of drug-likeness (QED) is 0.452. The number of fused-ring (bicyclic) bond motifs is 4. The van der Waals surface area contributed by atoms with Gasteiger partial charge in [-0.2, -0.15) is 8.78 Å². The molecule has 3 N–H and O–H groups in total. The molecule has 186 valence electrons. The van der Waals surface area contributed by atoms with Gasteiger partial charge in [0, 0.05) is 23.4 Å². The zero-order valence-corrected chi connectivity index (χ0v) is 19.3. The fraction of sp³-hybridized carbons (Fsp3) is 0.480. The van der Waals surface area contributed by atoms with Crippen molar-refractivity contribution < 1.29 is 23.4 Å². The molecule has 1 atom stereocenters. The average molecular weight is 489 g/mol. The van der Waals surface area contributed by atoms with Crippen LogP contribution in [0.25, 0.3) is 10.9 Å². The second kappa shape index (κ2) is 8.60. The first-order chi connectivity index (χ1) is 16.6. The van der Waals surface area contributed by atoms with Crippen molar-refractivity contribution in [2.45, 2.75) is 63.1 Å². The Labute approximate surface area is 199 Å². The van der Waals surface area contributed by atoms with Gasteiger partial charge in [0.05, 0.1) is 16.5 Å². The number of nitrogens with zero attached hydrogens (tertiary/aromatic N) is 3. The first-order valence-corrected chi connectivity index (χ1v) is 11.8. The Morgan fingerprint density at radius 3 is 2.57 bits per heavy atom. The van der Waals surface area contributed by atoms with Crippen molar-refractivity contribution in [2.24, 2.45) is 5.92 Å². The van der Waals surface area contributed by atoms with Gasteiger partial charge < -0.3 is 20.1 Å². The summed E-state index contributed by atoms with van der Waals surface area (Å²) in [6, 6.07) is 4.67. The third-order valence-electron chi connectivity index (χ3n) is 7.60. The molecule has 6 rings (SSSR count). The molecule has 3 aliphatic rings. The molecular formula is C25H27F3N4O3. The van der Waals surface area contributed by atoms with Crippen LogP contribution in [0.4, 0.5) is 19.0 Å². The van der Waals surface area contributed by atoms with Gasteiger partial charge in [0.2, 0.25) is 0 Å². The predicted molar refractivity (Wildman–Crippen MR) is 124 cm³/mol. The molecule has 2 bridgehead atoms. The van der Waals surface area contributed by atoms with Gasteiger partial charge in [-0.3, -0.25) is 4.79 Å². The normalized spacial score (nSPS) is 23.0. The summed E-state index contributed by atoms with van der Waals surface area (Å²) in [6.07, 6.45) is 5.96. The second-order valence-electron chi connectivity index (χ2n) is 9.72. The van der Waals surface area contributed by atoms with Crippen LogP contribution >= 0.6 is 0 Å². The number of halogens is 3. The summed E-state index contributed by atoms with van der Waals surface area (Å²) >= 11 is 0. The number of benzene rings is 1. The molecule has 0 unspecified atom stereocenters. The smallest absolute Gasteiger partial charge is 0.298 e. The fourth-order valence-corrected chi connectivity index (χ4v) is 5.62. The molecule has 0 saturated heterocycles. The number of rotatable bonds is 6. The molecule has 3 aliphatic carbocycles. The van der Waals surface area contributed by atoms with Crippen LogP contribution in [0.15, 0.2) is 35.3 Å².